The summed E-state index contributed by atoms with van der Waals surface area (Å²) in [4.78, 5) is 24.8. The highest BCUT2D eigenvalue weighted by Gasteiger charge is 2.23. The second kappa shape index (κ2) is 6.81. The Hall–Kier alpha value is -3.08. The number of hydrogen-bond acceptors (Lipinski definition) is 4. The summed E-state index contributed by atoms with van der Waals surface area (Å²) >= 11 is 0. The first-order valence-corrected chi connectivity index (χ1v) is 8.07. The third-order valence-corrected chi connectivity index (χ3v) is 3.62. The lowest BCUT2D eigenvalue weighted by molar-refractivity contribution is -0.131. The van der Waals surface area contributed by atoms with Crippen molar-refractivity contribution in [2.45, 2.75) is 26.9 Å². The first-order chi connectivity index (χ1) is 12.0. The van der Waals surface area contributed by atoms with E-state index in [2.05, 4.69) is 0 Å². The summed E-state index contributed by atoms with van der Waals surface area (Å²) in [5.41, 5.74) is 1.33. The van der Waals surface area contributed by atoms with Crippen LogP contribution in [-0.4, -0.2) is 16.5 Å². The second-order valence-corrected chi connectivity index (χ2v) is 5.92. The zero-order valence-electron chi connectivity index (χ0n) is 14.4. The van der Waals surface area contributed by atoms with Crippen molar-refractivity contribution in [3.63, 3.8) is 0 Å². The molecule has 0 bridgehead atoms. The molecule has 25 heavy (non-hydrogen) atoms. The summed E-state index contributed by atoms with van der Waals surface area (Å²) in [6.45, 7) is 5.05. The molecule has 0 saturated carbocycles. The van der Waals surface area contributed by atoms with Crippen LogP contribution >= 0.6 is 0 Å². The Bertz CT molecular complexity index is 974. The zero-order chi connectivity index (χ0) is 18.0. The van der Waals surface area contributed by atoms with E-state index in [4.69, 9.17) is 9.47 Å². The SMILES string of the molecule is CC(=O)Oc1c(OC(C)C)c(-c2ccccc2)c(=O)n2ccccc12. The highest BCUT2D eigenvalue weighted by molar-refractivity contribution is 5.83. The van der Waals surface area contributed by atoms with E-state index in [-0.39, 0.29) is 23.2 Å². The molecule has 0 spiro atoms. The molecule has 0 radical (unpaired) electrons. The Kier molecular flexibility index (Phi) is 4.57. The first kappa shape index (κ1) is 16.8. The fraction of sp³-hybridized carbons (Fsp3) is 0.200. The van der Waals surface area contributed by atoms with Crippen molar-refractivity contribution in [1.29, 1.82) is 0 Å². The molecule has 5 heteroatoms. The van der Waals surface area contributed by atoms with Crippen molar-refractivity contribution in [1.82, 2.24) is 4.40 Å². The number of fused-ring (bicyclic) bond motifs is 1. The average molecular weight is 337 g/mol. The Morgan fingerprint density at radius 2 is 1.68 bits per heavy atom. The number of nitrogens with zero attached hydrogens (tertiary/aromatic N) is 1. The summed E-state index contributed by atoms with van der Waals surface area (Å²) in [6.07, 6.45) is 1.46. The summed E-state index contributed by atoms with van der Waals surface area (Å²) in [5.74, 6) is 0.0601. The lowest BCUT2D eigenvalue weighted by Crippen LogP contribution is -2.21. The van der Waals surface area contributed by atoms with Gasteiger partial charge >= 0.3 is 5.97 Å². The van der Waals surface area contributed by atoms with Gasteiger partial charge in [-0.25, -0.2) is 0 Å². The zero-order valence-corrected chi connectivity index (χ0v) is 14.4. The van der Waals surface area contributed by atoms with E-state index in [1.54, 1.807) is 24.4 Å². The van der Waals surface area contributed by atoms with E-state index < -0.39 is 5.97 Å². The van der Waals surface area contributed by atoms with E-state index in [1.807, 2.05) is 44.2 Å². The molecule has 2 heterocycles. The highest BCUT2D eigenvalue weighted by atomic mass is 16.6. The third-order valence-electron chi connectivity index (χ3n) is 3.62. The summed E-state index contributed by atoms with van der Waals surface area (Å²) < 4.78 is 12.8. The van der Waals surface area contributed by atoms with Crippen molar-refractivity contribution in [3.05, 3.63) is 65.1 Å². The molecular formula is C20H19NO4. The summed E-state index contributed by atoms with van der Waals surface area (Å²) in [6, 6.07) is 14.5. The van der Waals surface area contributed by atoms with Gasteiger partial charge in [-0.05, 0) is 31.5 Å². The molecule has 0 N–H and O–H groups in total. The number of rotatable bonds is 4. The molecule has 0 amide bonds. The van der Waals surface area contributed by atoms with E-state index in [1.165, 1.54) is 11.3 Å². The number of carbonyl (C=O) groups is 1. The van der Waals surface area contributed by atoms with Crippen molar-refractivity contribution < 1.29 is 14.3 Å². The maximum atomic E-state index is 13.1. The Morgan fingerprint density at radius 3 is 2.32 bits per heavy atom. The van der Waals surface area contributed by atoms with Gasteiger partial charge in [-0.15, -0.1) is 0 Å². The van der Waals surface area contributed by atoms with Gasteiger partial charge in [0.05, 0.1) is 17.2 Å². The van der Waals surface area contributed by atoms with E-state index >= 15 is 0 Å². The van der Waals surface area contributed by atoms with Gasteiger partial charge in [0.2, 0.25) is 0 Å². The number of aromatic nitrogens is 1. The lowest BCUT2D eigenvalue weighted by Gasteiger charge is -2.19. The number of ether oxygens (including phenoxy) is 2. The molecule has 1 aromatic carbocycles. The first-order valence-electron chi connectivity index (χ1n) is 8.07. The molecule has 0 saturated heterocycles. The Morgan fingerprint density at radius 1 is 1.00 bits per heavy atom. The number of carbonyl (C=O) groups excluding carboxylic acids is 1. The fourth-order valence-electron chi connectivity index (χ4n) is 2.70. The van der Waals surface area contributed by atoms with Crippen LogP contribution in [0.25, 0.3) is 16.6 Å². The minimum Gasteiger partial charge on any atom is -0.486 e. The van der Waals surface area contributed by atoms with Gasteiger partial charge in [-0.2, -0.15) is 0 Å². The molecule has 0 aliphatic rings. The molecular weight excluding hydrogens is 318 g/mol. The minimum absolute atomic E-state index is 0.192. The fourth-order valence-corrected chi connectivity index (χ4v) is 2.70. The number of esters is 1. The number of pyridine rings is 2. The minimum atomic E-state index is -0.475. The monoisotopic (exact) mass is 337 g/mol. The normalized spacial score (nSPS) is 10.9. The van der Waals surface area contributed by atoms with Crippen LogP contribution in [0.5, 0.6) is 11.5 Å². The molecule has 0 aliphatic carbocycles. The van der Waals surface area contributed by atoms with E-state index in [0.717, 1.165) is 0 Å². The average Bonchev–Trinajstić information content (AvgIpc) is 2.59. The van der Waals surface area contributed by atoms with Crippen molar-refractivity contribution >= 4 is 11.5 Å². The third kappa shape index (κ3) is 3.26. The van der Waals surface area contributed by atoms with Crippen LogP contribution in [0.4, 0.5) is 0 Å². The van der Waals surface area contributed by atoms with Gasteiger partial charge in [-0.1, -0.05) is 36.4 Å². The molecule has 0 fully saturated rings. The predicted octanol–water partition coefficient (Wildman–Crippen LogP) is 3.68. The Balaban J connectivity index is 2.45. The van der Waals surface area contributed by atoms with Gasteiger partial charge in [0, 0.05) is 13.1 Å². The molecule has 5 nitrogen and oxygen atoms in total. The standard InChI is InChI=1S/C20H19NO4/c1-13(2)24-19-17(15-9-5-4-6-10-15)20(23)21-12-8-7-11-16(21)18(19)25-14(3)22/h4-13H,1-3H3. The smallest absolute Gasteiger partial charge is 0.308 e. The van der Waals surface area contributed by atoms with Crippen LogP contribution < -0.4 is 15.0 Å². The van der Waals surface area contributed by atoms with Gasteiger partial charge in [0.25, 0.3) is 5.56 Å². The van der Waals surface area contributed by atoms with E-state index in [0.29, 0.717) is 16.6 Å². The van der Waals surface area contributed by atoms with Crippen molar-refractivity contribution in [2.75, 3.05) is 0 Å². The molecule has 3 aromatic rings. The van der Waals surface area contributed by atoms with Crippen LogP contribution in [-0.2, 0) is 4.79 Å². The highest BCUT2D eigenvalue weighted by Crippen LogP contribution is 2.39. The second-order valence-electron chi connectivity index (χ2n) is 5.92. The van der Waals surface area contributed by atoms with Gasteiger partial charge in [0.1, 0.15) is 0 Å². The quantitative estimate of drug-likeness (QED) is 0.682. The molecule has 0 unspecified atom stereocenters. The van der Waals surface area contributed by atoms with Crippen LogP contribution in [0.3, 0.4) is 0 Å². The predicted molar refractivity (Wildman–Crippen MR) is 96.2 cm³/mol. The van der Waals surface area contributed by atoms with Crippen molar-refractivity contribution in [2.24, 2.45) is 0 Å². The maximum absolute atomic E-state index is 13.1. The van der Waals surface area contributed by atoms with Crippen LogP contribution in [0.2, 0.25) is 0 Å². The number of benzene rings is 1. The molecule has 0 atom stereocenters. The topological polar surface area (TPSA) is 57.0 Å². The van der Waals surface area contributed by atoms with Gasteiger partial charge in [-0.3, -0.25) is 14.0 Å². The summed E-state index contributed by atoms with van der Waals surface area (Å²) in [5, 5.41) is 0. The molecule has 0 aliphatic heterocycles. The molecule has 2 aromatic heterocycles. The van der Waals surface area contributed by atoms with Crippen LogP contribution in [0.1, 0.15) is 20.8 Å². The van der Waals surface area contributed by atoms with E-state index in [9.17, 15) is 9.59 Å². The summed E-state index contributed by atoms with van der Waals surface area (Å²) in [7, 11) is 0. The van der Waals surface area contributed by atoms with Crippen LogP contribution in [0.15, 0.2) is 59.5 Å². The molecule has 128 valence electrons. The van der Waals surface area contributed by atoms with Crippen LogP contribution in [0, 0.1) is 0 Å². The molecule has 3 rings (SSSR count). The number of hydrogen-bond donors (Lipinski definition) is 0. The van der Waals surface area contributed by atoms with Gasteiger partial charge in [0.15, 0.2) is 11.5 Å². The van der Waals surface area contributed by atoms with Crippen molar-refractivity contribution in [3.8, 4) is 22.6 Å². The maximum Gasteiger partial charge on any atom is 0.308 e. The lowest BCUT2D eigenvalue weighted by atomic mass is 10.0. The largest absolute Gasteiger partial charge is 0.486 e. The Labute approximate surface area is 145 Å². The van der Waals surface area contributed by atoms with Gasteiger partial charge < -0.3 is 9.47 Å².